The molecule has 0 aliphatic heterocycles. The second kappa shape index (κ2) is 19.9. The van der Waals surface area contributed by atoms with Gasteiger partial charge >= 0.3 is 11.9 Å². The van der Waals surface area contributed by atoms with Gasteiger partial charge in [0.1, 0.15) is 5.75 Å². The first-order valence-electron chi connectivity index (χ1n) is 14.3. The van der Waals surface area contributed by atoms with Gasteiger partial charge in [-0.25, -0.2) is 0 Å². The van der Waals surface area contributed by atoms with Crippen LogP contribution in [-0.2, 0) is 30.9 Å². The van der Waals surface area contributed by atoms with Gasteiger partial charge in [0.05, 0.1) is 6.42 Å². The molecule has 0 aromatic heterocycles. The number of hydrogen-bond acceptors (Lipinski definition) is 6. The van der Waals surface area contributed by atoms with Crippen LogP contribution in [0.5, 0.6) is 5.75 Å². The van der Waals surface area contributed by atoms with Crippen LogP contribution in [0.25, 0.3) is 0 Å². The monoisotopic (exact) mass is 556 g/mol. The van der Waals surface area contributed by atoms with E-state index < -0.39 is 40.0 Å². The van der Waals surface area contributed by atoms with Crippen LogP contribution in [0.3, 0.4) is 0 Å². The zero-order chi connectivity index (χ0) is 28.2. The van der Waals surface area contributed by atoms with Crippen LogP contribution in [0.2, 0.25) is 0 Å². The normalized spacial score (nSPS) is 13.1. The van der Waals surface area contributed by atoms with Crippen LogP contribution in [-0.4, -0.2) is 41.6 Å². The Balaban J connectivity index is 2.38. The maximum Gasteiger partial charge on any atom is 0.330 e. The highest BCUT2D eigenvalue weighted by molar-refractivity contribution is 7.87. The number of carboxylic acids is 1. The molecule has 0 aliphatic carbocycles. The molecule has 1 aromatic rings. The van der Waals surface area contributed by atoms with E-state index in [2.05, 4.69) is 6.92 Å². The van der Waals surface area contributed by atoms with Crippen LogP contribution in [0.4, 0.5) is 0 Å². The van der Waals surface area contributed by atoms with E-state index in [1.54, 1.807) is 19.1 Å². The van der Waals surface area contributed by atoms with Crippen molar-refractivity contribution in [2.75, 3.05) is 0 Å². The molecule has 0 fully saturated rings. The number of benzene rings is 1. The lowest BCUT2D eigenvalue weighted by Crippen LogP contribution is -2.37. The Kier molecular flexibility index (Phi) is 17.7. The summed E-state index contributed by atoms with van der Waals surface area (Å²) in [6, 6.07) is 7.40. The fourth-order valence-electron chi connectivity index (χ4n) is 4.34. The van der Waals surface area contributed by atoms with Gasteiger partial charge in [0.2, 0.25) is 6.29 Å². The molecule has 0 radical (unpaired) electrons. The second-order valence-corrected chi connectivity index (χ2v) is 11.5. The minimum absolute atomic E-state index is 0.212. The summed E-state index contributed by atoms with van der Waals surface area (Å²) in [5.41, 5.74) is 0.956. The third-order valence-electron chi connectivity index (χ3n) is 6.59. The van der Waals surface area contributed by atoms with Crippen molar-refractivity contribution in [3.05, 3.63) is 29.8 Å². The molecular weight excluding hydrogens is 508 g/mol. The van der Waals surface area contributed by atoms with Crippen LogP contribution in [0.1, 0.15) is 122 Å². The van der Waals surface area contributed by atoms with Crippen LogP contribution >= 0.6 is 0 Å². The van der Waals surface area contributed by atoms with E-state index in [0.717, 1.165) is 24.8 Å². The van der Waals surface area contributed by atoms with Crippen LogP contribution in [0, 0.1) is 0 Å². The lowest BCUT2D eigenvalue weighted by molar-refractivity contribution is -0.165. The Bertz CT molecular complexity index is 900. The molecule has 218 valence electrons. The number of carboxylic acid groups (broad SMARTS) is 1. The van der Waals surface area contributed by atoms with Crippen LogP contribution < -0.4 is 4.74 Å². The minimum atomic E-state index is -4.94. The highest BCUT2D eigenvalue weighted by Gasteiger charge is 2.36. The number of aryl methyl sites for hydroxylation is 1. The van der Waals surface area contributed by atoms with Crippen molar-refractivity contribution in [2.24, 2.45) is 0 Å². The summed E-state index contributed by atoms with van der Waals surface area (Å²) in [6.45, 7) is 3.94. The number of ether oxygens (including phenoxy) is 2. The first-order chi connectivity index (χ1) is 18.2. The van der Waals surface area contributed by atoms with E-state index in [9.17, 15) is 22.6 Å². The minimum Gasteiger partial charge on any atom is -0.481 e. The Morgan fingerprint density at radius 3 is 1.79 bits per heavy atom. The second-order valence-electron chi connectivity index (χ2n) is 9.95. The zero-order valence-electron chi connectivity index (χ0n) is 23.2. The zero-order valence-corrected chi connectivity index (χ0v) is 24.1. The van der Waals surface area contributed by atoms with Crippen molar-refractivity contribution in [3.8, 4) is 5.75 Å². The number of rotatable bonds is 23. The molecule has 0 saturated carbocycles. The van der Waals surface area contributed by atoms with E-state index in [1.807, 2.05) is 12.1 Å². The lowest BCUT2D eigenvalue weighted by Gasteiger charge is -2.21. The fraction of sp³-hybridized carbons (Fsp3) is 0.724. The molecule has 0 aliphatic rings. The molecule has 2 atom stereocenters. The SMILES string of the molecule is CCCCCCCCCCCCCCCCc1ccccc1OC(CC)OC(=O)C(CC(=O)O)S(=O)(=O)O. The molecule has 2 N–H and O–H groups in total. The molecule has 1 rings (SSSR count). The number of carbonyl (C=O) groups excluding carboxylic acids is 1. The summed E-state index contributed by atoms with van der Waals surface area (Å²) < 4.78 is 43.1. The molecule has 0 bridgehead atoms. The van der Waals surface area contributed by atoms with Gasteiger partial charge in [0.25, 0.3) is 10.1 Å². The predicted octanol–water partition coefficient (Wildman–Crippen LogP) is 7.10. The molecule has 38 heavy (non-hydrogen) atoms. The van der Waals surface area contributed by atoms with Gasteiger partial charge < -0.3 is 14.6 Å². The quantitative estimate of drug-likeness (QED) is 0.0632. The number of carbonyl (C=O) groups is 2. The Morgan fingerprint density at radius 1 is 0.816 bits per heavy atom. The Hall–Kier alpha value is -2.13. The molecule has 8 nitrogen and oxygen atoms in total. The van der Waals surface area contributed by atoms with Crippen molar-refractivity contribution in [1.29, 1.82) is 0 Å². The maximum absolute atomic E-state index is 12.3. The smallest absolute Gasteiger partial charge is 0.330 e. The predicted molar refractivity (Wildman–Crippen MR) is 149 cm³/mol. The van der Waals surface area contributed by atoms with Gasteiger partial charge in [-0.3, -0.25) is 14.1 Å². The van der Waals surface area contributed by atoms with E-state index in [-0.39, 0.29) is 6.42 Å². The first-order valence-corrected chi connectivity index (χ1v) is 15.8. The van der Waals surface area contributed by atoms with Crippen molar-refractivity contribution >= 4 is 22.1 Å². The Labute approximate surface area is 229 Å². The molecule has 9 heteroatoms. The summed E-state index contributed by atoms with van der Waals surface area (Å²) in [5, 5.41) is 6.66. The number of hydrogen-bond donors (Lipinski definition) is 2. The molecule has 2 unspecified atom stereocenters. The van der Waals surface area contributed by atoms with Gasteiger partial charge in [0, 0.05) is 6.42 Å². The summed E-state index contributed by atoms with van der Waals surface area (Å²) in [4.78, 5) is 23.2. The number of esters is 1. The molecule has 0 amide bonds. The molecule has 0 heterocycles. The van der Waals surface area contributed by atoms with Gasteiger partial charge in [-0.1, -0.05) is 116 Å². The summed E-state index contributed by atoms with van der Waals surface area (Å²) in [5.74, 6) is -2.37. The molecular formula is C29H48O8S. The van der Waals surface area contributed by atoms with E-state index in [1.165, 1.54) is 77.0 Å². The molecule has 1 aromatic carbocycles. The summed E-state index contributed by atoms with van der Waals surface area (Å²) in [7, 11) is -4.94. The van der Waals surface area contributed by atoms with Gasteiger partial charge in [-0.15, -0.1) is 0 Å². The van der Waals surface area contributed by atoms with E-state index in [4.69, 9.17) is 14.6 Å². The van der Waals surface area contributed by atoms with Crippen molar-refractivity contribution < 1.29 is 37.1 Å². The van der Waals surface area contributed by atoms with Gasteiger partial charge in [-0.05, 0) is 24.5 Å². The average molecular weight is 557 g/mol. The Morgan fingerprint density at radius 2 is 1.32 bits per heavy atom. The van der Waals surface area contributed by atoms with Gasteiger partial charge in [0.15, 0.2) is 5.25 Å². The highest BCUT2D eigenvalue weighted by Crippen LogP contribution is 2.24. The van der Waals surface area contributed by atoms with Gasteiger partial charge in [-0.2, -0.15) is 8.42 Å². The third kappa shape index (κ3) is 15.3. The van der Waals surface area contributed by atoms with E-state index >= 15 is 0 Å². The topological polar surface area (TPSA) is 127 Å². The third-order valence-corrected chi connectivity index (χ3v) is 7.67. The number of unbranched alkanes of at least 4 members (excludes halogenated alkanes) is 13. The maximum atomic E-state index is 12.3. The highest BCUT2D eigenvalue weighted by atomic mass is 32.2. The van der Waals surface area contributed by atoms with Crippen molar-refractivity contribution in [2.45, 2.75) is 135 Å². The fourth-order valence-corrected chi connectivity index (χ4v) is 4.99. The van der Waals surface area contributed by atoms with Crippen molar-refractivity contribution in [1.82, 2.24) is 0 Å². The first kappa shape index (κ1) is 33.9. The number of para-hydroxylation sites is 1. The standard InChI is InChI=1S/C29H48O8S/c1-3-5-6-7-8-9-10-11-12-13-14-15-16-17-20-24-21-18-19-22-25(24)36-28(4-2)37-29(32)26(23-27(30)31)38(33,34)35/h18-19,21-22,26,28H,3-17,20,23H2,1-2H3,(H,30,31)(H,33,34,35). The largest absolute Gasteiger partial charge is 0.481 e. The van der Waals surface area contributed by atoms with Crippen molar-refractivity contribution in [3.63, 3.8) is 0 Å². The van der Waals surface area contributed by atoms with Crippen LogP contribution in [0.15, 0.2) is 24.3 Å². The van der Waals surface area contributed by atoms with E-state index in [0.29, 0.717) is 5.75 Å². The summed E-state index contributed by atoms with van der Waals surface area (Å²) in [6.07, 6.45) is 16.8. The number of aliphatic carboxylic acids is 1. The molecule has 0 spiro atoms. The lowest BCUT2D eigenvalue weighted by atomic mass is 10.0. The average Bonchev–Trinajstić information content (AvgIpc) is 2.87. The summed E-state index contributed by atoms with van der Waals surface area (Å²) >= 11 is 0. The molecule has 0 saturated heterocycles.